The molecule has 0 aliphatic heterocycles. The van der Waals surface area contributed by atoms with E-state index in [2.05, 4.69) is 0 Å². The Morgan fingerprint density at radius 3 is 2.62 bits per heavy atom. The largest absolute Gasteiger partial charge is 0.481 e. The Labute approximate surface area is 96.8 Å². The lowest BCUT2D eigenvalue weighted by molar-refractivity contribution is -0.146. The first-order valence-electron chi connectivity index (χ1n) is 6.27. The molecular weight excluding hydrogens is 206 g/mol. The summed E-state index contributed by atoms with van der Waals surface area (Å²) >= 11 is 0. The minimum absolute atomic E-state index is 0.0773. The molecule has 0 heterocycles. The fourth-order valence-electron chi connectivity index (χ4n) is 2.64. The van der Waals surface area contributed by atoms with Crippen LogP contribution in [0.5, 0.6) is 0 Å². The molecule has 0 aromatic rings. The highest BCUT2D eigenvalue weighted by molar-refractivity contribution is 5.70. The molecule has 1 fully saturated rings. The number of carbonyl (C=O) groups is 1. The maximum atomic E-state index is 11.2. The molecule has 0 saturated heterocycles. The monoisotopic (exact) mass is 229 g/mol. The van der Waals surface area contributed by atoms with Gasteiger partial charge in [0.25, 0.3) is 0 Å². The van der Waals surface area contributed by atoms with Crippen molar-refractivity contribution >= 4 is 5.97 Å². The summed E-state index contributed by atoms with van der Waals surface area (Å²) < 4.78 is 0. The molecule has 1 saturated carbocycles. The van der Waals surface area contributed by atoms with E-state index in [4.69, 9.17) is 5.73 Å². The number of hydrogen-bond acceptors (Lipinski definition) is 3. The van der Waals surface area contributed by atoms with Crippen molar-refractivity contribution in [1.29, 1.82) is 0 Å². The predicted octanol–water partition coefficient (Wildman–Crippen LogP) is 1.37. The van der Waals surface area contributed by atoms with Gasteiger partial charge in [0.1, 0.15) is 0 Å². The molecule has 0 aromatic carbocycles. The number of aliphatic carboxylic acids is 1. The third-order valence-corrected chi connectivity index (χ3v) is 3.58. The number of hydrogen-bond donors (Lipinski definition) is 3. The summed E-state index contributed by atoms with van der Waals surface area (Å²) in [5.41, 5.74) is 5.42. The molecule has 4 N–H and O–H groups in total. The lowest BCUT2D eigenvalue weighted by atomic mass is 9.81. The van der Waals surface area contributed by atoms with E-state index in [1.165, 1.54) is 0 Å². The summed E-state index contributed by atoms with van der Waals surface area (Å²) in [6.07, 6.45) is 5.61. The highest BCUT2D eigenvalue weighted by atomic mass is 16.4. The van der Waals surface area contributed by atoms with E-state index in [-0.39, 0.29) is 5.92 Å². The van der Waals surface area contributed by atoms with Crippen LogP contribution in [-0.4, -0.2) is 28.8 Å². The topological polar surface area (TPSA) is 83.6 Å². The van der Waals surface area contributed by atoms with Gasteiger partial charge in [-0.15, -0.1) is 0 Å². The Kier molecular flexibility index (Phi) is 5.77. The molecule has 16 heavy (non-hydrogen) atoms. The number of aliphatic hydroxyl groups is 1. The zero-order valence-corrected chi connectivity index (χ0v) is 9.77. The average molecular weight is 229 g/mol. The van der Waals surface area contributed by atoms with Crippen molar-refractivity contribution in [3.63, 3.8) is 0 Å². The second-order valence-corrected chi connectivity index (χ2v) is 4.74. The Morgan fingerprint density at radius 2 is 2.00 bits per heavy atom. The minimum atomic E-state index is -0.778. The fourth-order valence-corrected chi connectivity index (χ4v) is 2.64. The Bertz CT molecular complexity index is 220. The SMILES string of the molecule is NCCCC(C(=O)O)C1CCCCCC1O. The van der Waals surface area contributed by atoms with Crippen molar-refractivity contribution < 1.29 is 15.0 Å². The van der Waals surface area contributed by atoms with E-state index < -0.39 is 18.0 Å². The zero-order chi connectivity index (χ0) is 12.0. The molecule has 4 nitrogen and oxygen atoms in total. The maximum Gasteiger partial charge on any atom is 0.306 e. The van der Waals surface area contributed by atoms with Gasteiger partial charge >= 0.3 is 5.97 Å². The molecule has 0 aromatic heterocycles. The average Bonchev–Trinajstić information content (AvgIpc) is 2.44. The first-order chi connectivity index (χ1) is 7.66. The van der Waals surface area contributed by atoms with Gasteiger partial charge < -0.3 is 15.9 Å². The van der Waals surface area contributed by atoms with Crippen LogP contribution in [0.4, 0.5) is 0 Å². The molecule has 0 amide bonds. The molecule has 3 unspecified atom stereocenters. The van der Waals surface area contributed by atoms with Gasteiger partial charge in [-0.3, -0.25) is 4.79 Å². The molecule has 1 rings (SSSR count). The van der Waals surface area contributed by atoms with E-state index >= 15 is 0 Å². The van der Waals surface area contributed by atoms with Crippen molar-refractivity contribution in [2.45, 2.75) is 51.0 Å². The number of carboxylic acids is 1. The molecule has 0 spiro atoms. The Balaban J connectivity index is 2.62. The molecule has 0 radical (unpaired) electrons. The zero-order valence-electron chi connectivity index (χ0n) is 9.77. The van der Waals surface area contributed by atoms with Crippen molar-refractivity contribution in [3.8, 4) is 0 Å². The smallest absolute Gasteiger partial charge is 0.306 e. The normalized spacial score (nSPS) is 28.4. The van der Waals surface area contributed by atoms with Crippen molar-refractivity contribution in [1.82, 2.24) is 0 Å². The molecule has 1 aliphatic rings. The molecule has 0 bridgehead atoms. The van der Waals surface area contributed by atoms with Gasteiger partial charge in [-0.25, -0.2) is 0 Å². The van der Waals surface area contributed by atoms with Crippen LogP contribution in [0.25, 0.3) is 0 Å². The lowest BCUT2D eigenvalue weighted by Gasteiger charge is -2.26. The molecular formula is C12H23NO3. The van der Waals surface area contributed by atoms with Gasteiger partial charge in [-0.2, -0.15) is 0 Å². The van der Waals surface area contributed by atoms with E-state index in [1.54, 1.807) is 0 Å². The minimum Gasteiger partial charge on any atom is -0.481 e. The molecule has 4 heteroatoms. The van der Waals surface area contributed by atoms with Gasteiger partial charge in [-0.05, 0) is 38.1 Å². The van der Waals surface area contributed by atoms with Crippen molar-refractivity contribution in [3.05, 3.63) is 0 Å². The summed E-state index contributed by atoms with van der Waals surface area (Å²) in [5, 5.41) is 19.2. The number of rotatable bonds is 5. The van der Waals surface area contributed by atoms with Gasteiger partial charge in [0.15, 0.2) is 0 Å². The van der Waals surface area contributed by atoms with Crippen LogP contribution in [0.3, 0.4) is 0 Å². The fraction of sp³-hybridized carbons (Fsp3) is 0.917. The molecule has 3 atom stereocenters. The van der Waals surface area contributed by atoms with Crippen LogP contribution < -0.4 is 5.73 Å². The number of nitrogens with two attached hydrogens (primary N) is 1. The van der Waals surface area contributed by atoms with Crippen LogP contribution in [-0.2, 0) is 4.79 Å². The van der Waals surface area contributed by atoms with Crippen molar-refractivity contribution in [2.24, 2.45) is 17.6 Å². The third kappa shape index (κ3) is 3.76. The third-order valence-electron chi connectivity index (χ3n) is 3.58. The maximum absolute atomic E-state index is 11.2. The van der Waals surface area contributed by atoms with E-state index in [0.29, 0.717) is 13.0 Å². The second-order valence-electron chi connectivity index (χ2n) is 4.74. The highest BCUT2D eigenvalue weighted by Crippen LogP contribution is 2.32. The molecule has 94 valence electrons. The summed E-state index contributed by atoms with van der Waals surface area (Å²) in [5.74, 6) is -1.28. The first-order valence-corrected chi connectivity index (χ1v) is 6.27. The van der Waals surface area contributed by atoms with E-state index in [9.17, 15) is 15.0 Å². The number of aliphatic hydroxyl groups excluding tert-OH is 1. The second kappa shape index (κ2) is 6.86. The van der Waals surface area contributed by atoms with Crippen molar-refractivity contribution in [2.75, 3.05) is 6.54 Å². The van der Waals surface area contributed by atoms with E-state index in [0.717, 1.165) is 38.5 Å². The Morgan fingerprint density at radius 1 is 1.31 bits per heavy atom. The lowest BCUT2D eigenvalue weighted by Crippen LogP contribution is -2.32. The predicted molar refractivity (Wildman–Crippen MR) is 62.0 cm³/mol. The summed E-state index contributed by atoms with van der Waals surface area (Å²) in [7, 11) is 0. The van der Waals surface area contributed by atoms with Crippen LogP contribution in [0, 0.1) is 11.8 Å². The highest BCUT2D eigenvalue weighted by Gasteiger charge is 2.33. The quantitative estimate of drug-likeness (QED) is 0.622. The van der Waals surface area contributed by atoms with E-state index in [1.807, 2.05) is 0 Å². The van der Waals surface area contributed by atoms with Crippen LogP contribution in [0.1, 0.15) is 44.9 Å². The first kappa shape index (κ1) is 13.5. The molecule has 1 aliphatic carbocycles. The summed E-state index contributed by atoms with van der Waals surface area (Å²) in [4.78, 5) is 11.2. The standard InChI is InChI=1S/C12H23NO3/c13-8-4-6-10(12(15)16)9-5-2-1-3-7-11(9)14/h9-11,14H,1-8,13H2,(H,15,16). The number of carboxylic acid groups (broad SMARTS) is 1. The Hall–Kier alpha value is -0.610. The van der Waals surface area contributed by atoms with Crippen LogP contribution in [0.2, 0.25) is 0 Å². The van der Waals surface area contributed by atoms with Gasteiger partial charge in [-0.1, -0.05) is 19.3 Å². The van der Waals surface area contributed by atoms with Gasteiger partial charge in [0.05, 0.1) is 12.0 Å². The van der Waals surface area contributed by atoms with Gasteiger partial charge in [0.2, 0.25) is 0 Å². The van der Waals surface area contributed by atoms with Crippen LogP contribution in [0.15, 0.2) is 0 Å². The van der Waals surface area contributed by atoms with Crippen LogP contribution >= 0.6 is 0 Å². The summed E-state index contributed by atoms with van der Waals surface area (Å²) in [6, 6.07) is 0. The summed E-state index contributed by atoms with van der Waals surface area (Å²) in [6.45, 7) is 0.520. The van der Waals surface area contributed by atoms with Gasteiger partial charge in [0, 0.05) is 0 Å².